The second-order valence-corrected chi connectivity index (χ2v) is 9.25. The van der Waals surface area contributed by atoms with E-state index in [1.165, 1.54) is 10.4 Å². The summed E-state index contributed by atoms with van der Waals surface area (Å²) in [6.07, 6.45) is 1.03. The van der Waals surface area contributed by atoms with E-state index in [1.54, 1.807) is 19.2 Å². The van der Waals surface area contributed by atoms with Crippen LogP contribution in [0.5, 0.6) is 0 Å². The molecule has 5 nitrogen and oxygen atoms in total. The Morgan fingerprint density at radius 3 is 2.67 bits per heavy atom. The van der Waals surface area contributed by atoms with Crippen LogP contribution in [0, 0.1) is 0 Å². The van der Waals surface area contributed by atoms with Crippen molar-refractivity contribution in [1.29, 1.82) is 0 Å². The van der Waals surface area contributed by atoms with Gasteiger partial charge in [-0.2, -0.15) is 0 Å². The molecule has 0 saturated heterocycles. The van der Waals surface area contributed by atoms with Gasteiger partial charge in [-0.25, -0.2) is 8.42 Å². The second-order valence-electron chi connectivity index (χ2n) is 6.87. The van der Waals surface area contributed by atoms with E-state index in [2.05, 4.69) is 5.32 Å². The van der Waals surface area contributed by atoms with Crippen molar-refractivity contribution in [3.63, 3.8) is 0 Å². The molecule has 1 aliphatic heterocycles. The molecule has 0 aliphatic carbocycles. The molecule has 2 aromatic rings. The van der Waals surface area contributed by atoms with Gasteiger partial charge in [-0.05, 0) is 56.1 Å². The van der Waals surface area contributed by atoms with Crippen LogP contribution in [0.15, 0.2) is 47.4 Å². The largest absolute Gasteiger partial charge is 0.379 e. The van der Waals surface area contributed by atoms with E-state index in [0.29, 0.717) is 29.4 Å². The minimum atomic E-state index is -3.69. The Bertz CT molecular complexity index is 915. The van der Waals surface area contributed by atoms with Gasteiger partial charge >= 0.3 is 0 Å². The highest BCUT2D eigenvalue weighted by Gasteiger charge is 2.34. The first kappa shape index (κ1) is 20.1. The molecular formula is C20H25ClN2O3S. The molecule has 2 aromatic carbocycles. The highest BCUT2D eigenvalue weighted by atomic mass is 35.5. The first-order chi connectivity index (χ1) is 12.8. The summed E-state index contributed by atoms with van der Waals surface area (Å²) in [4.78, 5) is 0.240. The smallest absolute Gasteiger partial charge is 0.264 e. The molecule has 0 fully saturated rings. The number of benzene rings is 2. The maximum Gasteiger partial charge on any atom is 0.264 e. The number of sulfonamides is 1. The van der Waals surface area contributed by atoms with Crippen molar-refractivity contribution >= 4 is 27.3 Å². The molecule has 1 unspecified atom stereocenters. The SMILES string of the molecule is CC(C)OCCCNC1c2ccccc2N(C)S(=O)(=O)c2cc(Cl)ccc21. The fourth-order valence-electron chi connectivity index (χ4n) is 3.29. The normalized spacial score (nSPS) is 18.1. The molecule has 1 atom stereocenters. The number of rotatable bonds is 6. The zero-order valence-electron chi connectivity index (χ0n) is 15.8. The lowest BCUT2D eigenvalue weighted by Crippen LogP contribution is -2.26. The first-order valence-corrected chi connectivity index (χ1v) is 10.9. The van der Waals surface area contributed by atoms with Gasteiger partial charge in [0.25, 0.3) is 10.0 Å². The Kier molecular flexibility index (Phi) is 6.11. The lowest BCUT2D eigenvalue weighted by molar-refractivity contribution is 0.0768. The molecule has 0 amide bonds. The molecular weight excluding hydrogens is 384 g/mol. The van der Waals surface area contributed by atoms with Gasteiger partial charge in [-0.1, -0.05) is 35.9 Å². The van der Waals surface area contributed by atoms with Gasteiger partial charge in [0.15, 0.2) is 0 Å². The molecule has 1 N–H and O–H groups in total. The molecule has 0 bridgehead atoms. The molecule has 0 radical (unpaired) electrons. The Labute approximate surface area is 166 Å². The summed E-state index contributed by atoms with van der Waals surface area (Å²) in [6, 6.07) is 12.4. The lowest BCUT2D eigenvalue weighted by Gasteiger charge is -2.22. The quantitative estimate of drug-likeness (QED) is 0.734. The Balaban J connectivity index is 2.00. The first-order valence-electron chi connectivity index (χ1n) is 9.04. The molecule has 0 spiro atoms. The summed E-state index contributed by atoms with van der Waals surface area (Å²) in [5, 5.41) is 3.91. The van der Waals surface area contributed by atoms with Crippen LogP contribution in [0.4, 0.5) is 5.69 Å². The Morgan fingerprint density at radius 1 is 1.19 bits per heavy atom. The van der Waals surface area contributed by atoms with Gasteiger partial charge in [0.1, 0.15) is 0 Å². The molecule has 3 rings (SSSR count). The minimum absolute atomic E-state index is 0.199. The van der Waals surface area contributed by atoms with Crippen LogP contribution >= 0.6 is 11.6 Å². The summed E-state index contributed by atoms with van der Waals surface area (Å²) in [5.74, 6) is 0. The molecule has 146 valence electrons. The van der Waals surface area contributed by atoms with Crippen molar-refractivity contribution in [2.45, 2.75) is 37.3 Å². The second kappa shape index (κ2) is 8.19. The van der Waals surface area contributed by atoms with E-state index in [9.17, 15) is 8.42 Å². The third-order valence-electron chi connectivity index (χ3n) is 4.63. The molecule has 0 aromatic heterocycles. The van der Waals surface area contributed by atoms with Crippen LogP contribution in [-0.2, 0) is 14.8 Å². The van der Waals surface area contributed by atoms with Crippen LogP contribution in [0.1, 0.15) is 37.4 Å². The number of fused-ring (bicyclic) bond motifs is 2. The standard InChI is InChI=1S/C20H25ClN2O3S/c1-14(2)26-12-6-11-22-20-16-7-4-5-8-18(16)23(3)27(24,25)19-13-15(21)9-10-17(19)20/h4-5,7-10,13-14,20,22H,6,11-12H2,1-3H3. The molecule has 1 heterocycles. The zero-order valence-corrected chi connectivity index (χ0v) is 17.3. The van der Waals surface area contributed by atoms with E-state index in [0.717, 1.165) is 12.0 Å². The highest BCUT2D eigenvalue weighted by molar-refractivity contribution is 7.92. The number of para-hydroxylation sites is 1. The summed E-state index contributed by atoms with van der Waals surface area (Å²) in [7, 11) is -2.11. The van der Waals surface area contributed by atoms with Crippen molar-refractivity contribution in [3.8, 4) is 0 Å². The number of nitrogens with zero attached hydrogens (tertiary/aromatic N) is 1. The van der Waals surface area contributed by atoms with Gasteiger partial charge in [0, 0.05) is 18.7 Å². The number of anilines is 1. The van der Waals surface area contributed by atoms with Crippen molar-refractivity contribution in [1.82, 2.24) is 5.32 Å². The van der Waals surface area contributed by atoms with Crippen molar-refractivity contribution in [2.24, 2.45) is 0 Å². The van der Waals surface area contributed by atoms with Gasteiger partial charge in [0.05, 0.1) is 22.7 Å². The monoisotopic (exact) mass is 408 g/mol. The van der Waals surface area contributed by atoms with Crippen molar-refractivity contribution in [3.05, 3.63) is 58.6 Å². The van der Waals surface area contributed by atoms with Crippen LogP contribution in [-0.4, -0.2) is 34.7 Å². The number of hydrogen-bond donors (Lipinski definition) is 1. The predicted octanol–water partition coefficient (Wildman–Crippen LogP) is 3.97. The van der Waals surface area contributed by atoms with Gasteiger partial charge in [0.2, 0.25) is 0 Å². The van der Waals surface area contributed by atoms with Gasteiger partial charge < -0.3 is 10.1 Å². The zero-order chi connectivity index (χ0) is 19.6. The average molecular weight is 409 g/mol. The van der Waals surface area contributed by atoms with Gasteiger partial charge in [-0.3, -0.25) is 4.31 Å². The lowest BCUT2D eigenvalue weighted by atomic mass is 9.97. The Morgan fingerprint density at radius 2 is 1.93 bits per heavy atom. The van der Waals surface area contributed by atoms with Crippen LogP contribution in [0.3, 0.4) is 0 Å². The summed E-state index contributed by atoms with van der Waals surface area (Å²) in [5.41, 5.74) is 2.30. The van der Waals surface area contributed by atoms with Crippen LogP contribution in [0.25, 0.3) is 0 Å². The third kappa shape index (κ3) is 4.14. The summed E-state index contributed by atoms with van der Waals surface area (Å²) >= 11 is 6.12. The molecule has 27 heavy (non-hydrogen) atoms. The fourth-order valence-corrected chi connectivity index (χ4v) is 5.01. The highest BCUT2D eigenvalue weighted by Crippen LogP contribution is 2.40. The number of hydrogen-bond acceptors (Lipinski definition) is 4. The maximum atomic E-state index is 13.2. The molecule has 1 aliphatic rings. The third-order valence-corrected chi connectivity index (χ3v) is 6.70. The van der Waals surface area contributed by atoms with E-state index >= 15 is 0 Å². The average Bonchev–Trinajstić information content (AvgIpc) is 2.70. The van der Waals surface area contributed by atoms with Crippen LogP contribution in [0.2, 0.25) is 5.02 Å². The predicted molar refractivity (Wildman–Crippen MR) is 109 cm³/mol. The van der Waals surface area contributed by atoms with E-state index in [-0.39, 0.29) is 17.0 Å². The van der Waals surface area contributed by atoms with E-state index in [4.69, 9.17) is 16.3 Å². The summed E-state index contributed by atoms with van der Waals surface area (Å²) < 4.78 is 33.2. The number of halogens is 1. The van der Waals surface area contributed by atoms with E-state index in [1.807, 2.05) is 38.1 Å². The minimum Gasteiger partial charge on any atom is -0.379 e. The van der Waals surface area contributed by atoms with Crippen LogP contribution < -0.4 is 9.62 Å². The number of nitrogens with one attached hydrogen (secondary N) is 1. The Hall–Kier alpha value is -1.60. The van der Waals surface area contributed by atoms with Crippen molar-refractivity contribution < 1.29 is 13.2 Å². The summed E-state index contributed by atoms with van der Waals surface area (Å²) in [6.45, 7) is 5.38. The van der Waals surface area contributed by atoms with Gasteiger partial charge in [-0.15, -0.1) is 0 Å². The molecule has 0 saturated carbocycles. The molecule has 7 heteroatoms. The number of ether oxygens (including phenoxy) is 1. The maximum absolute atomic E-state index is 13.2. The van der Waals surface area contributed by atoms with Crippen molar-refractivity contribution in [2.75, 3.05) is 24.5 Å². The topological polar surface area (TPSA) is 58.6 Å². The fraction of sp³-hybridized carbons (Fsp3) is 0.400. The van der Waals surface area contributed by atoms with E-state index < -0.39 is 10.0 Å².